The van der Waals surface area contributed by atoms with Crippen LogP contribution in [0.4, 0.5) is 4.79 Å². The number of amides is 2. The van der Waals surface area contributed by atoms with Crippen molar-refractivity contribution in [1.29, 1.82) is 0 Å². The van der Waals surface area contributed by atoms with E-state index in [9.17, 15) is 9.59 Å². The number of nitrogens with one attached hydrogen (secondary N) is 2. The number of pyridine rings is 1. The number of nitrogens with zero attached hydrogens (tertiary/aromatic N) is 4. The van der Waals surface area contributed by atoms with Crippen LogP contribution in [0.15, 0.2) is 29.3 Å². The molecular weight excluding hydrogens is 356 g/mol. The zero-order valence-corrected chi connectivity index (χ0v) is 16.1. The van der Waals surface area contributed by atoms with Gasteiger partial charge in [-0.05, 0) is 44.5 Å². The maximum absolute atomic E-state index is 12.8. The molecule has 2 amide bonds. The number of aromatic nitrogens is 3. The minimum Gasteiger partial charge on any atom is -0.336 e. The van der Waals surface area contributed by atoms with Crippen LogP contribution in [-0.2, 0) is 13.1 Å². The molecule has 0 aromatic carbocycles. The fraction of sp³-hybridized carbons (Fsp3) is 0.500. The van der Waals surface area contributed by atoms with Crippen molar-refractivity contribution < 1.29 is 4.79 Å². The topological polar surface area (TPSA) is 94.2 Å². The Morgan fingerprint density at radius 1 is 1.29 bits per heavy atom. The molecule has 28 heavy (non-hydrogen) atoms. The molecule has 0 aliphatic carbocycles. The molecule has 0 radical (unpaired) electrons. The zero-order valence-electron chi connectivity index (χ0n) is 16.1. The van der Waals surface area contributed by atoms with Crippen LogP contribution in [0.25, 0.3) is 0 Å². The Kier molecular flexibility index (Phi) is 5.38. The molecule has 8 heteroatoms. The van der Waals surface area contributed by atoms with Crippen molar-refractivity contribution in [3.8, 4) is 0 Å². The maximum Gasteiger partial charge on any atom is 0.318 e. The Bertz CT molecular complexity index is 891. The van der Waals surface area contributed by atoms with E-state index in [1.807, 2.05) is 12.3 Å². The highest BCUT2D eigenvalue weighted by molar-refractivity contribution is 5.75. The summed E-state index contributed by atoms with van der Waals surface area (Å²) < 4.78 is 0. The van der Waals surface area contributed by atoms with Gasteiger partial charge in [-0.3, -0.25) is 14.7 Å². The molecule has 4 heterocycles. The fourth-order valence-corrected chi connectivity index (χ4v) is 4.09. The quantitative estimate of drug-likeness (QED) is 0.840. The minimum absolute atomic E-state index is 0.103. The maximum atomic E-state index is 12.8. The van der Waals surface area contributed by atoms with Gasteiger partial charge >= 0.3 is 6.03 Å². The third kappa shape index (κ3) is 3.91. The number of urea groups is 1. The summed E-state index contributed by atoms with van der Waals surface area (Å²) in [5.74, 6) is 0.577. The van der Waals surface area contributed by atoms with E-state index in [-0.39, 0.29) is 17.6 Å². The Hall–Kier alpha value is -2.74. The van der Waals surface area contributed by atoms with Crippen LogP contribution in [0.2, 0.25) is 0 Å². The van der Waals surface area contributed by atoms with Crippen molar-refractivity contribution in [3.05, 3.63) is 57.5 Å². The molecule has 0 spiro atoms. The Balaban J connectivity index is 1.43. The summed E-state index contributed by atoms with van der Waals surface area (Å²) in [7, 11) is 0. The molecule has 1 atom stereocenters. The van der Waals surface area contributed by atoms with E-state index in [0.717, 1.165) is 18.7 Å². The highest BCUT2D eigenvalue weighted by Crippen LogP contribution is 2.24. The predicted molar refractivity (Wildman–Crippen MR) is 105 cm³/mol. The van der Waals surface area contributed by atoms with Crippen LogP contribution >= 0.6 is 0 Å². The molecule has 1 saturated heterocycles. The second-order valence-corrected chi connectivity index (χ2v) is 7.52. The highest BCUT2D eigenvalue weighted by atomic mass is 16.2. The molecule has 2 aromatic heterocycles. The number of aromatic amines is 1. The number of H-pyrrole nitrogens is 1. The van der Waals surface area contributed by atoms with Gasteiger partial charge in [0, 0.05) is 18.9 Å². The van der Waals surface area contributed by atoms with Crippen LogP contribution in [0.1, 0.15) is 47.9 Å². The van der Waals surface area contributed by atoms with Gasteiger partial charge in [0.05, 0.1) is 30.4 Å². The van der Waals surface area contributed by atoms with Gasteiger partial charge in [-0.2, -0.15) is 0 Å². The van der Waals surface area contributed by atoms with E-state index in [4.69, 9.17) is 0 Å². The lowest BCUT2D eigenvalue weighted by molar-refractivity contribution is 0.154. The zero-order chi connectivity index (χ0) is 19.5. The average Bonchev–Trinajstić information content (AvgIpc) is 3.14. The Morgan fingerprint density at radius 2 is 2.11 bits per heavy atom. The second-order valence-electron chi connectivity index (χ2n) is 7.52. The van der Waals surface area contributed by atoms with E-state index >= 15 is 0 Å². The molecule has 0 unspecified atom stereocenters. The first kappa shape index (κ1) is 18.6. The standard InChI is InChI=1S/C20H26N6O2/c1-14-23-17-13-26(12-16(17)19(27)24-14)20(28)22-11-18(15-6-5-7-21-10-15)25-8-3-2-4-9-25/h5-7,10,18H,2-4,8-9,11-13H2,1H3,(H,22,28)(H,23,24,27)/t18-/m1/s1. The predicted octanol–water partition coefficient (Wildman–Crippen LogP) is 1.73. The van der Waals surface area contributed by atoms with Gasteiger partial charge in [0.1, 0.15) is 5.82 Å². The van der Waals surface area contributed by atoms with E-state index in [1.165, 1.54) is 19.3 Å². The summed E-state index contributed by atoms with van der Waals surface area (Å²) in [6, 6.07) is 3.94. The molecule has 2 aliphatic heterocycles. The van der Waals surface area contributed by atoms with E-state index in [2.05, 4.69) is 31.2 Å². The Morgan fingerprint density at radius 3 is 2.86 bits per heavy atom. The largest absolute Gasteiger partial charge is 0.336 e. The summed E-state index contributed by atoms with van der Waals surface area (Å²) in [6.07, 6.45) is 7.27. The van der Waals surface area contributed by atoms with Crippen molar-refractivity contribution in [1.82, 2.24) is 30.1 Å². The third-order valence-electron chi connectivity index (χ3n) is 5.54. The van der Waals surface area contributed by atoms with Gasteiger partial charge < -0.3 is 15.2 Å². The summed E-state index contributed by atoms with van der Waals surface area (Å²) in [4.78, 5) is 40.3. The molecular formula is C20H26N6O2. The second kappa shape index (κ2) is 8.10. The van der Waals surface area contributed by atoms with E-state index < -0.39 is 0 Å². The van der Waals surface area contributed by atoms with Crippen molar-refractivity contribution in [2.75, 3.05) is 19.6 Å². The fourth-order valence-electron chi connectivity index (χ4n) is 4.09. The van der Waals surface area contributed by atoms with Crippen molar-refractivity contribution in [2.24, 2.45) is 0 Å². The first-order valence-electron chi connectivity index (χ1n) is 9.87. The minimum atomic E-state index is -0.166. The van der Waals surface area contributed by atoms with Crippen LogP contribution in [-0.4, -0.2) is 50.4 Å². The molecule has 2 aromatic rings. The van der Waals surface area contributed by atoms with Crippen molar-refractivity contribution >= 4 is 6.03 Å². The number of piperidine rings is 1. The third-order valence-corrected chi connectivity index (χ3v) is 5.54. The van der Waals surface area contributed by atoms with Gasteiger partial charge in [0.15, 0.2) is 0 Å². The van der Waals surface area contributed by atoms with Gasteiger partial charge in [0.25, 0.3) is 5.56 Å². The van der Waals surface area contributed by atoms with Crippen LogP contribution in [0.3, 0.4) is 0 Å². The number of hydrogen-bond donors (Lipinski definition) is 2. The van der Waals surface area contributed by atoms with Gasteiger partial charge in [-0.25, -0.2) is 9.78 Å². The number of rotatable bonds is 4. The van der Waals surface area contributed by atoms with Gasteiger partial charge in [0.2, 0.25) is 0 Å². The van der Waals surface area contributed by atoms with Gasteiger partial charge in [-0.1, -0.05) is 12.5 Å². The number of likely N-dealkylation sites (tertiary alicyclic amines) is 1. The first-order chi connectivity index (χ1) is 13.6. The Labute approximate surface area is 164 Å². The summed E-state index contributed by atoms with van der Waals surface area (Å²) >= 11 is 0. The smallest absolute Gasteiger partial charge is 0.318 e. The monoisotopic (exact) mass is 382 g/mol. The van der Waals surface area contributed by atoms with Crippen LogP contribution in [0, 0.1) is 6.92 Å². The van der Waals surface area contributed by atoms with Gasteiger partial charge in [-0.15, -0.1) is 0 Å². The molecule has 2 N–H and O–H groups in total. The first-order valence-corrected chi connectivity index (χ1v) is 9.87. The number of fused-ring (bicyclic) bond motifs is 1. The molecule has 8 nitrogen and oxygen atoms in total. The number of carbonyl (C=O) groups excluding carboxylic acids is 1. The summed E-state index contributed by atoms with van der Waals surface area (Å²) in [6.45, 7) is 4.99. The lowest BCUT2D eigenvalue weighted by Crippen LogP contribution is -2.44. The SMILES string of the molecule is Cc1nc2c(c(=O)[nH]1)CN(C(=O)NC[C@H](c1cccnc1)N1CCCCC1)C2. The lowest BCUT2D eigenvalue weighted by atomic mass is 10.0. The molecule has 0 bridgehead atoms. The molecule has 1 fully saturated rings. The van der Waals surface area contributed by atoms with E-state index in [1.54, 1.807) is 18.0 Å². The highest BCUT2D eigenvalue weighted by Gasteiger charge is 2.29. The normalized spacial score (nSPS) is 18.0. The lowest BCUT2D eigenvalue weighted by Gasteiger charge is -2.35. The van der Waals surface area contributed by atoms with Crippen LogP contribution in [0.5, 0.6) is 0 Å². The molecule has 148 valence electrons. The molecule has 4 rings (SSSR count). The van der Waals surface area contributed by atoms with Crippen molar-refractivity contribution in [3.63, 3.8) is 0 Å². The number of carbonyl (C=O) groups is 1. The average molecular weight is 382 g/mol. The number of aryl methyl sites for hydroxylation is 1. The van der Waals surface area contributed by atoms with Crippen molar-refractivity contribution in [2.45, 2.75) is 45.3 Å². The number of hydrogen-bond acceptors (Lipinski definition) is 5. The van der Waals surface area contributed by atoms with Crippen LogP contribution < -0.4 is 10.9 Å². The van der Waals surface area contributed by atoms with E-state index in [0.29, 0.717) is 36.7 Å². The molecule has 2 aliphatic rings. The summed E-state index contributed by atoms with van der Waals surface area (Å²) in [5.41, 5.74) is 2.24. The molecule has 0 saturated carbocycles. The summed E-state index contributed by atoms with van der Waals surface area (Å²) in [5, 5.41) is 3.07.